The minimum Gasteiger partial charge on any atom is -0.347 e. The van der Waals surface area contributed by atoms with Crippen LogP contribution in [0.3, 0.4) is 0 Å². The molecule has 138 valence electrons. The van der Waals surface area contributed by atoms with Gasteiger partial charge in [0.1, 0.15) is 0 Å². The van der Waals surface area contributed by atoms with Gasteiger partial charge in [0, 0.05) is 30.4 Å². The molecule has 3 unspecified atom stereocenters. The van der Waals surface area contributed by atoms with Crippen molar-refractivity contribution in [3.8, 4) is 0 Å². The predicted octanol–water partition coefficient (Wildman–Crippen LogP) is 3.52. The predicted molar refractivity (Wildman–Crippen MR) is 100 cm³/mol. The maximum atomic E-state index is 12.6. The number of carbonyl (C=O) groups excluding carboxylic acids is 1. The van der Waals surface area contributed by atoms with Crippen molar-refractivity contribution < 1.29 is 4.79 Å². The van der Waals surface area contributed by atoms with Crippen LogP contribution in [0, 0.1) is 17.3 Å². The molecule has 5 heteroatoms. The smallest absolute Gasteiger partial charge is 0.272 e. The van der Waals surface area contributed by atoms with E-state index in [4.69, 9.17) is 0 Å². The Morgan fingerprint density at radius 3 is 2.85 bits per heavy atom. The number of hydrogen-bond acceptors (Lipinski definition) is 4. The summed E-state index contributed by atoms with van der Waals surface area (Å²) in [6.07, 6.45) is 11.0. The van der Waals surface area contributed by atoms with Crippen LogP contribution in [0.4, 0.5) is 0 Å². The average molecular weight is 352 g/mol. The summed E-state index contributed by atoms with van der Waals surface area (Å²) in [7, 11) is 0. The zero-order valence-corrected chi connectivity index (χ0v) is 15.8. The molecule has 0 N–H and O–H groups in total. The lowest BCUT2D eigenvalue weighted by atomic mass is 9.70. The summed E-state index contributed by atoms with van der Waals surface area (Å²) in [5.74, 6) is -0.0683. The molecular weight excluding hydrogens is 324 g/mol. The second-order valence-corrected chi connectivity index (χ2v) is 9.20. The van der Waals surface area contributed by atoms with Crippen molar-refractivity contribution in [2.45, 2.75) is 45.6 Å². The number of allylic oxidation sites excluding steroid dienone is 4. The Morgan fingerprint density at radius 2 is 2.04 bits per heavy atom. The lowest BCUT2D eigenvalue weighted by molar-refractivity contribution is -0.121. The van der Waals surface area contributed by atoms with Crippen molar-refractivity contribution in [3.63, 3.8) is 0 Å². The van der Waals surface area contributed by atoms with Gasteiger partial charge in [-0.15, -0.1) is 5.11 Å². The first kappa shape index (κ1) is 16.4. The van der Waals surface area contributed by atoms with Crippen LogP contribution >= 0.6 is 0 Å². The van der Waals surface area contributed by atoms with Gasteiger partial charge in [0.2, 0.25) is 0 Å². The lowest BCUT2D eigenvalue weighted by Crippen LogP contribution is -2.35. The van der Waals surface area contributed by atoms with Gasteiger partial charge in [-0.05, 0) is 55.8 Å². The van der Waals surface area contributed by atoms with Crippen LogP contribution in [0.5, 0.6) is 0 Å². The highest BCUT2D eigenvalue weighted by molar-refractivity contribution is 5.83. The number of azo groups is 1. The molecule has 1 amide bonds. The first-order chi connectivity index (χ1) is 12.5. The van der Waals surface area contributed by atoms with E-state index >= 15 is 0 Å². The monoisotopic (exact) mass is 352 g/mol. The van der Waals surface area contributed by atoms with E-state index in [0.29, 0.717) is 0 Å². The number of rotatable bonds is 3. The molecule has 0 bridgehead atoms. The number of amides is 1. The molecule has 3 heterocycles. The van der Waals surface area contributed by atoms with Gasteiger partial charge in [-0.1, -0.05) is 26.0 Å². The van der Waals surface area contributed by atoms with Crippen molar-refractivity contribution in [1.29, 1.82) is 0 Å². The Hall–Kier alpha value is -1.75. The highest BCUT2D eigenvalue weighted by Crippen LogP contribution is 2.54. The molecule has 5 aliphatic rings. The van der Waals surface area contributed by atoms with Crippen molar-refractivity contribution in [2.24, 2.45) is 27.5 Å². The van der Waals surface area contributed by atoms with Gasteiger partial charge in [0.05, 0.1) is 12.0 Å². The Morgan fingerprint density at radius 1 is 1.23 bits per heavy atom. The van der Waals surface area contributed by atoms with Gasteiger partial charge in [0.25, 0.3) is 5.91 Å². The second kappa shape index (κ2) is 5.88. The fraction of sp³-hybridized carbons (Fsp3) is 0.667. The zero-order chi connectivity index (χ0) is 17.9. The summed E-state index contributed by atoms with van der Waals surface area (Å²) in [6, 6.07) is 0.0689. The number of likely N-dealkylation sites (tertiary alicyclic amines) is 1. The molecule has 26 heavy (non-hydrogen) atoms. The van der Waals surface area contributed by atoms with Crippen molar-refractivity contribution in [3.05, 3.63) is 35.2 Å². The molecule has 0 saturated carbocycles. The van der Waals surface area contributed by atoms with Gasteiger partial charge in [-0.3, -0.25) is 4.79 Å². The Balaban J connectivity index is 1.54. The highest BCUT2D eigenvalue weighted by atomic mass is 16.2. The molecule has 0 aromatic heterocycles. The van der Waals surface area contributed by atoms with Gasteiger partial charge in [-0.25, -0.2) is 0 Å². The highest BCUT2D eigenvalue weighted by Gasteiger charge is 2.51. The molecule has 0 spiro atoms. The molecule has 3 aliphatic heterocycles. The van der Waals surface area contributed by atoms with Gasteiger partial charge >= 0.3 is 0 Å². The summed E-state index contributed by atoms with van der Waals surface area (Å²) < 4.78 is 0. The molecule has 0 aromatic carbocycles. The summed E-state index contributed by atoms with van der Waals surface area (Å²) in [5, 5.41) is 8.61. The van der Waals surface area contributed by atoms with Crippen LogP contribution in [-0.2, 0) is 4.79 Å². The van der Waals surface area contributed by atoms with E-state index in [1.54, 1.807) is 0 Å². The van der Waals surface area contributed by atoms with Crippen LogP contribution in [0.1, 0.15) is 39.5 Å². The minimum atomic E-state index is -0.160. The first-order valence-electron chi connectivity index (χ1n) is 10.1. The van der Waals surface area contributed by atoms with Crippen LogP contribution in [-0.4, -0.2) is 47.9 Å². The normalized spacial score (nSPS) is 35.0. The lowest BCUT2D eigenvalue weighted by Gasteiger charge is -2.37. The molecule has 5 rings (SSSR count). The topological polar surface area (TPSA) is 48.3 Å². The van der Waals surface area contributed by atoms with Gasteiger partial charge in [-0.2, -0.15) is 5.11 Å². The van der Waals surface area contributed by atoms with Crippen molar-refractivity contribution >= 4 is 5.91 Å². The average Bonchev–Trinajstić information content (AvgIpc) is 3.18. The largest absolute Gasteiger partial charge is 0.347 e. The summed E-state index contributed by atoms with van der Waals surface area (Å²) in [4.78, 5) is 17.7. The molecule has 3 atom stereocenters. The number of carbonyl (C=O) groups is 1. The van der Waals surface area contributed by atoms with Gasteiger partial charge in [0.15, 0.2) is 0 Å². The SMILES string of the molecule is CC1(C)CC2=C3C(C1)N=NC(=O)C1C=CC=C(C31)N2CCN1CCCC1. The zero-order valence-electron chi connectivity index (χ0n) is 15.8. The van der Waals surface area contributed by atoms with E-state index in [2.05, 4.69) is 46.0 Å². The standard InChI is InChI=1S/C21H28N4O/c1-21(2)12-15-19-17(13-21)25(11-10-24-8-3-4-9-24)16-7-5-6-14(18(16)19)20(26)23-22-15/h5-7,14-15,18H,3-4,8-13H2,1-2H3. The van der Waals surface area contributed by atoms with E-state index in [0.717, 1.165) is 25.9 Å². The Bertz CT molecular complexity index is 754. The molecule has 5 nitrogen and oxygen atoms in total. The molecule has 1 fully saturated rings. The first-order valence-corrected chi connectivity index (χ1v) is 10.1. The molecule has 0 radical (unpaired) electrons. The van der Waals surface area contributed by atoms with Crippen molar-refractivity contribution in [2.75, 3.05) is 26.2 Å². The summed E-state index contributed by atoms with van der Waals surface area (Å²) in [6.45, 7) is 9.23. The van der Waals surface area contributed by atoms with Crippen LogP contribution < -0.4 is 0 Å². The van der Waals surface area contributed by atoms with E-state index in [-0.39, 0.29) is 29.2 Å². The van der Waals surface area contributed by atoms with E-state index in [1.165, 1.54) is 42.9 Å². The quantitative estimate of drug-likeness (QED) is 0.781. The van der Waals surface area contributed by atoms with E-state index < -0.39 is 0 Å². The Kier molecular flexibility index (Phi) is 3.71. The maximum absolute atomic E-state index is 12.6. The summed E-state index contributed by atoms with van der Waals surface area (Å²) >= 11 is 0. The fourth-order valence-electron chi connectivity index (χ4n) is 5.56. The third-order valence-electron chi connectivity index (χ3n) is 6.74. The maximum Gasteiger partial charge on any atom is 0.272 e. The molecule has 2 aliphatic carbocycles. The van der Waals surface area contributed by atoms with Crippen molar-refractivity contribution in [1.82, 2.24) is 9.80 Å². The number of hydrogen-bond donors (Lipinski definition) is 0. The molecule has 0 aromatic rings. The van der Waals surface area contributed by atoms with Crippen LogP contribution in [0.2, 0.25) is 0 Å². The molecule has 1 saturated heterocycles. The Labute approximate surface area is 155 Å². The minimum absolute atomic E-state index is 0.0689. The van der Waals surface area contributed by atoms with Gasteiger partial charge < -0.3 is 9.80 Å². The number of nitrogens with zero attached hydrogens (tertiary/aromatic N) is 4. The molecular formula is C21H28N4O. The van der Waals surface area contributed by atoms with E-state index in [9.17, 15) is 4.79 Å². The van der Waals surface area contributed by atoms with Crippen LogP contribution in [0.25, 0.3) is 0 Å². The summed E-state index contributed by atoms with van der Waals surface area (Å²) in [5.41, 5.74) is 4.33. The third kappa shape index (κ3) is 2.51. The van der Waals surface area contributed by atoms with E-state index in [1.807, 2.05) is 6.08 Å². The fourth-order valence-corrected chi connectivity index (χ4v) is 5.56. The second-order valence-electron chi connectivity index (χ2n) is 9.20. The third-order valence-corrected chi connectivity index (χ3v) is 6.74. The van der Waals surface area contributed by atoms with Crippen LogP contribution in [0.15, 0.2) is 45.4 Å².